The van der Waals surface area contributed by atoms with E-state index >= 15 is 0 Å². The van der Waals surface area contributed by atoms with Crippen LogP contribution in [-0.4, -0.2) is 28.5 Å². The van der Waals surface area contributed by atoms with Gasteiger partial charge in [0.1, 0.15) is 5.37 Å². The lowest BCUT2D eigenvalue weighted by Gasteiger charge is -2.25. The minimum absolute atomic E-state index is 0.00499. The van der Waals surface area contributed by atoms with Crippen LogP contribution in [0.3, 0.4) is 0 Å². The van der Waals surface area contributed by atoms with Crippen LogP contribution in [0.5, 0.6) is 0 Å². The highest BCUT2D eigenvalue weighted by atomic mass is 32.2. The molecule has 5 heteroatoms. The molecule has 2 aromatic rings. The number of carbonyl (C=O) groups excluding carboxylic acids is 2. The van der Waals surface area contributed by atoms with Gasteiger partial charge in [0.05, 0.1) is 5.75 Å². The van der Waals surface area contributed by atoms with Crippen LogP contribution in [0.15, 0.2) is 54.6 Å². The van der Waals surface area contributed by atoms with Crippen molar-refractivity contribution in [3.8, 4) is 0 Å². The summed E-state index contributed by atoms with van der Waals surface area (Å²) >= 11 is 1.66. The maximum atomic E-state index is 12.7. The van der Waals surface area contributed by atoms with Crippen molar-refractivity contribution in [3.05, 3.63) is 71.3 Å². The molecule has 1 saturated heterocycles. The normalized spacial score (nSPS) is 28.1. The third-order valence-electron chi connectivity index (χ3n) is 6.68. The molecule has 0 aromatic heterocycles. The number of carbonyl (C=O) groups is 2. The summed E-state index contributed by atoms with van der Waals surface area (Å²) in [5.74, 6) is 2.20. The van der Waals surface area contributed by atoms with Crippen LogP contribution < -0.4 is 5.32 Å². The second-order valence-electron chi connectivity index (χ2n) is 8.55. The van der Waals surface area contributed by atoms with Gasteiger partial charge in [-0.3, -0.25) is 9.59 Å². The minimum atomic E-state index is 0.00499. The Bertz CT molecular complexity index is 899. The van der Waals surface area contributed by atoms with Crippen LogP contribution in [0.2, 0.25) is 0 Å². The van der Waals surface area contributed by atoms with E-state index in [1.165, 1.54) is 19.3 Å². The van der Waals surface area contributed by atoms with Crippen molar-refractivity contribution >= 4 is 23.6 Å². The van der Waals surface area contributed by atoms with E-state index in [4.69, 9.17) is 0 Å². The third kappa shape index (κ3) is 3.80. The number of hydrogen-bond acceptors (Lipinski definition) is 3. The fraction of sp³-hybridized carbons (Fsp3) is 0.417. The third-order valence-corrected chi connectivity index (χ3v) is 7.93. The van der Waals surface area contributed by atoms with Crippen molar-refractivity contribution in [2.24, 2.45) is 11.8 Å². The molecule has 5 rings (SSSR count). The van der Waals surface area contributed by atoms with E-state index in [1.807, 2.05) is 47.4 Å². The van der Waals surface area contributed by atoms with Crippen molar-refractivity contribution in [1.29, 1.82) is 0 Å². The van der Waals surface area contributed by atoms with Crippen LogP contribution in [0.4, 0.5) is 0 Å². The molecule has 2 bridgehead atoms. The van der Waals surface area contributed by atoms with Gasteiger partial charge in [-0.1, -0.05) is 48.9 Å². The predicted octanol–water partition coefficient (Wildman–Crippen LogP) is 4.38. The summed E-state index contributed by atoms with van der Waals surface area (Å²) in [6.07, 6.45) is 5.03. The van der Waals surface area contributed by atoms with Gasteiger partial charge in [-0.2, -0.15) is 0 Å². The van der Waals surface area contributed by atoms with Gasteiger partial charge >= 0.3 is 0 Å². The van der Waals surface area contributed by atoms with E-state index in [9.17, 15) is 9.59 Å². The van der Waals surface area contributed by atoms with Crippen molar-refractivity contribution in [2.45, 2.75) is 43.6 Å². The summed E-state index contributed by atoms with van der Waals surface area (Å²) in [5.41, 5.74) is 2.92. The number of amides is 2. The summed E-state index contributed by atoms with van der Waals surface area (Å²) in [6.45, 7) is 0.615. The Labute approximate surface area is 176 Å². The number of thioether (sulfide) groups is 1. The van der Waals surface area contributed by atoms with Gasteiger partial charge in [0.15, 0.2) is 0 Å². The van der Waals surface area contributed by atoms with Crippen molar-refractivity contribution in [3.63, 3.8) is 0 Å². The molecule has 2 aliphatic carbocycles. The SMILES string of the molecule is O=C(N[C@H]1C[C@H]2CC[C@H]1C2)c1ccc([C@H]2SCC(=O)N2Cc2ccccc2)cc1. The van der Waals surface area contributed by atoms with Gasteiger partial charge < -0.3 is 10.2 Å². The molecule has 1 aliphatic heterocycles. The molecule has 4 nitrogen and oxygen atoms in total. The minimum Gasteiger partial charge on any atom is -0.349 e. The number of nitrogens with zero attached hydrogens (tertiary/aromatic N) is 1. The van der Waals surface area contributed by atoms with Gasteiger partial charge in [-0.15, -0.1) is 11.8 Å². The van der Waals surface area contributed by atoms with Gasteiger partial charge in [0, 0.05) is 18.2 Å². The smallest absolute Gasteiger partial charge is 0.251 e. The molecule has 0 spiro atoms. The highest BCUT2D eigenvalue weighted by Gasteiger charge is 2.40. The van der Waals surface area contributed by atoms with E-state index in [0.717, 1.165) is 23.5 Å². The molecule has 0 unspecified atom stereocenters. The Balaban J connectivity index is 1.26. The monoisotopic (exact) mass is 406 g/mol. The van der Waals surface area contributed by atoms with Gasteiger partial charge in [0.2, 0.25) is 5.91 Å². The van der Waals surface area contributed by atoms with E-state index in [-0.39, 0.29) is 17.2 Å². The summed E-state index contributed by atoms with van der Waals surface area (Å²) in [5, 5.41) is 3.26. The molecule has 2 saturated carbocycles. The number of nitrogens with one attached hydrogen (secondary N) is 1. The molecule has 29 heavy (non-hydrogen) atoms. The number of hydrogen-bond donors (Lipinski definition) is 1. The summed E-state index contributed by atoms with van der Waals surface area (Å²) in [4.78, 5) is 27.1. The Morgan fingerprint density at radius 1 is 1.03 bits per heavy atom. The largest absolute Gasteiger partial charge is 0.349 e. The van der Waals surface area contributed by atoms with Gasteiger partial charge in [-0.25, -0.2) is 0 Å². The highest BCUT2D eigenvalue weighted by Crippen LogP contribution is 2.44. The molecule has 2 aromatic carbocycles. The van der Waals surface area contributed by atoms with E-state index in [0.29, 0.717) is 29.8 Å². The first kappa shape index (κ1) is 18.7. The highest BCUT2D eigenvalue weighted by molar-refractivity contribution is 8.00. The Morgan fingerprint density at radius 3 is 2.52 bits per heavy atom. The van der Waals surface area contributed by atoms with Crippen molar-refractivity contribution < 1.29 is 9.59 Å². The number of fused-ring (bicyclic) bond motifs is 2. The lowest BCUT2D eigenvalue weighted by Crippen LogP contribution is -2.38. The standard InChI is InChI=1S/C24H26N2O2S/c27-22-15-29-24(26(22)14-16-4-2-1-3-5-16)19-10-8-18(9-11-19)23(28)25-21-13-17-6-7-20(21)12-17/h1-5,8-11,17,20-21,24H,6-7,12-15H2,(H,25,28)/t17-,20-,21-,24+/m0/s1. The molecule has 1 N–H and O–H groups in total. The van der Waals surface area contributed by atoms with Crippen LogP contribution in [0.1, 0.15) is 52.5 Å². The maximum Gasteiger partial charge on any atom is 0.251 e. The first-order chi connectivity index (χ1) is 14.2. The van der Waals surface area contributed by atoms with E-state index in [1.54, 1.807) is 11.8 Å². The lowest BCUT2D eigenvalue weighted by molar-refractivity contribution is -0.128. The van der Waals surface area contributed by atoms with Crippen LogP contribution in [0.25, 0.3) is 0 Å². The molecule has 0 radical (unpaired) electrons. The lowest BCUT2D eigenvalue weighted by atomic mass is 9.95. The topological polar surface area (TPSA) is 49.4 Å². The average molecular weight is 407 g/mol. The molecule has 3 aliphatic rings. The zero-order valence-electron chi connectivity index (χ0n) is 16.4. The number of benzene rings is 2. The van der Waals surface area contributed by atoms with Gasteiger partial charge in [0.25, 0.3) is 5.91 Å². The average Bonchev–Trinajstić information content (AvgIpc) is 3.46. The molecule has 2 amide bonds. The van der Waals surface area contributed by atoms with Crippen molar-refractivity contribution in [2.75, 3.05) is 5.75 Å². The predicted molar refractivity (Wildman–Crippen MR) is 115 cm³/mol. The Morgan fingerprint density at radius 2 is 1.83 bits per heavy atom. The fourth-order valence-electron chi connectivity index (χ4n) is 5.15. The Kier molecular flexibility index (Phi) is 5.08. The van der Waals surface area contributed by atoms with Crippen LogP contribution in [-0.2, 0) is 11.3 Å². The zero-order chi connectivity index (χ0) is 19.8. The first-order valence-corrected chi connectivity index (χ1v) is 11.6. The van der Waals surface area contributed by atoms with Crippen LogP contribution in [0, 0.1) is 11.8 Å². The summed E-state index contributed by atoms with van der Waals surface area (Å²) < 4.78 is 0. The van der Waals surface area contributed by atoms with E-state index < -0.39 is 0 Å². The molecular formula is C24H26N2O2S. The fourth-order valence-corrected chi connectivity index (χ4v) is 6.34. The maximum absolute atomic E-state index is 12.7. The quantitative estimate of drug-likeness (QED) is 0.802. The zero-order valence-corrected chi connectivity index (χ0v) is 17.2. The second kappa shape index (κ2) is 7.86. The number of rotatable bonds is 5. The summed E-state index contributed by atoms with van der Waals surface area (Å²) in [6, 6.07) is 18.3. The first-order valence-electron chi connectivity index (χ1n) is 10.5. The van der Waals surface area contributed by atoms with Crippen molar-refractivity contribution in [1.82, 2.24) is 10.2 Å². The Hall–Kier alpha value is -2.27. The van der Waals surface area contributed by atoms with Crippen LogP contribution >= 0.6 is 11.8 Å². The molecular weight excluding hydrogens is 380 g/mol. The summed E-state index contributed by atoms with van der Waals surface area (Å²) in [7, 11) is 0. The second-order valence-corrected chi connectivity index (χ2v) is 9.62. The molecule has 150 valence electrons. The molecule has 3 fully saturated rings. The van der Waals surface area contributed by atoms with E-state index in [2.05, 4.69) is 17.4 Å². The van der Waals surface area contributed by atoms with Gasteiger partial charge in [-0.05, 0) is 54.4 Å². The molecule has 4 atom stereocenters. The molecule has 1 heterocycles.